The van der Waals surface area contributed by atoms with Gasteiger partial charge >= 0.3 is 0 Å². The van der Waals surface area contributed by atoms with E-state index in [0.29, 0.717) is 35.3 Å². The van der Waals surface area contributed by atoms with Gasteiger partial charge in [0, 0.05) is 30.2 Å². The van der Waals surface area contributed by atoms with E-state index in [4.69, 9.17) is 9.26 Å². The summed E-state index contributed by atoms with van der Waals surface area (Å²) in [5.74, 6) is 0.333. The lowest BCUT2D eigenvalue weighted by atomic mass is 10.1. The van der Waals surface area contributed by atoms with Crippen molar-refractivity contribution in [3.05, 3.63) is 78.4 Å². The van der Waals surface area contributed by atoms with E-state index in [1.165, 1.54) is 0 Å². The first-order chi connectivity index (χ1) is 15.1. The SMILES string of the molecule is COc1ncccc1-c1nc2ccn(Cc3cc(-c4cc(F)ccc4F)no3)cc-2n1. The number of rotatable bonds is 5. The maximum absolute atomic E-state index is 14.0. The van der Waals surface area contributed by atoms with Crippen LogP contribution in [0.3, 0.4) is 0 Å². The molecule has 7 nitrogen and oxygen atoms in total. The molecule has 2 aromatic heterocycles. The molecule has 1 aromatic carbocycles. The molecule has 0 radical (unpaired) electrons. The number of halogens is 2. The van der Waals surface area contributed by atoms with Gasteiger partial charge in [0.15, 0.2) is 11.6 Å². The molecule has 2 aliphatic rings. The minimum absolute atomic E-state index is 0.0485. The molecule has 3 aromatic rings. The summed E-state index contributed by atoms with van der Waals surface area (Å²) in [5.41, 5.74) is 2.38. The highest BCUT2D eigenvalue weighted by molar-refractivity contribution is 5.68. The van der Waals surface area contributed by atoms with Crippen LogP contribution in [-0.2, 0) is 6.54 Å². The van der Waals surface area contributed by atoms with Gasteiger partial charge in [-0.25, -0.2) is 23.7 Å². The first kappa shape index (κ1) is 18.9. The van der Waals surface area contributed by atoms with Crippen LogP contribution >= 0.6 is 0 Å². The monoisotopic (exact) mass is 419 g/mol. The van der Waals surface area contributed by atoms with Crippen LogP contribution < -0.4 is 4.74 Å². The molecule has 0 spiro atoms. The highest BCUT2D eigenvalue weighted by Gasteiger charge is 2.17. The first-order valence-corrected chi connectivity index (χ1v) is 9.34. The predicted molar refractivity (Wildman–Crippen MR) is 107 cm³/mol. The van der Waals surface area contributed by atoms with Crippen LogP contribution in [0.25, 0.3) is 34.0 Å². The Bertz CT molecular complexity index is 1350. The fraction of sp³-hybridized carbons (Fsp3) is 0.0909. The van der Waals surface area contributed by atoms with E-state index in [0.717, 1.165) is 23.9 Å². The minimum atomic E-state index is -0.569. The third-order valence-corrected chi connectivity index (χ3v) is 4.73. The topological polar surface area (TPSA) is 78.9 Å². The fourth-order valence-corrected chi connectivity index (χ4v) is 3.28. The van der Waals surface area contributed by atoms with Crippen LogP contribution in [0.5, 0.6) is 5.88 Å². The van der Waals surface area contributed by atoms with Crippen LogP contribution in [0, 0.1) is 11.6 Å². The van der Waals surface area contributed by atoms with Crippen LogP contribution in [0.1, 0.15) is 5.76 Å². The number of methoxy groups -OCH3 is 1. The second-order valence-electron chi connectivity index (χ2n) is 6.80. The molecule has 0 amide bonds. The van der Waals surface area contributed by atoms with Crippen molar-refractivity contribution in [3.63, 3.8) is 0 Å². The molecule has 0 atom stereocenters. The van der Waals surface area contributed by atoms with E-state index in [2.05, 4.69) is 20.1 Å². The maximum Gasteiger partial charge on any atom is 0.224 e. The molecule has 0 aliphatic carbocycles. The molecular weight excluding hydrogens is 404 g/mol. The van der Waals surface area contributed by atoms with Gasteiger partial charge in [0.05, 0.1) is 24.9 Å². The summed E-state index contributed by atoms with van der Waals surface area (Å²) in [5, 5.41) is 3.87. The molecular formula is C22H15F2N5O2. The lowest BCUT2D eigenvalue weighted by molar-refractivity contribution is 0.378. The average Bonchev–Trinajstić information content (AvgIpc) is 3.42. The molecule has 9 heteroatoms. The van der Waals surface area contributed by atoms with Crippen LogP contribution in [0.15, 0.2) is 65.6 Å². The molecule has 0 fully saturated rings. The zero-order valence-electron chi connectivity index (χ0n) is 16.3. The van der Waals surface area contributed by atoms with Gasteiger partial charge in [-0.15, -0.1) is 0 Å². The zero-order chi connectivity index (χ0) is 21.4. The number of pyridine rings is 2. The number of imidazole rings is 1. The Balaban J connectivity index is 1.43. The number of hydrogen-bond donors (Lipinski definition) is 0. The van der Waals surface area contributed by atoms with Crippen LogP contribution in [-0.4, -0.2) is 31.8 Å². The Morgan fingerprint density at radius 2 is 1.87 bits per heavy atom. The largest absolute Gasteiger partial charge is 0.480 e. The predicted octanol–water partition coefficient (Wildman–Crippen LogP) is 4.44. The van der Waals surface area contributed by atoms with E-state index in [1.807, 2.05) is 29.1 Å². The maximum atomic E-state index is 14.0. The molecule has 0 unspecified atom stereocenters. The number of benzene rings is 1. The molecule has 154 valence electrons. The third kappa shape index (κ3) is 3.61. The normalized spacial score (nSPS) is 11.2. The van der Waals surface area contributed by atoms with Crippen molar-refractivity contribution in [2.75, 3.05) is 7.11 Å². The first-order valence-electron chi connectivity index (χ1n) is 9.34. The van der Waals surface area contributed by atoms with Gasteiger partial charge in [-0.05, 0) is 36.4 Å². The Labute approximate surface area is 175 Å². The molecule has 0 bridgehead atoms. The summed E-state index contributed by atoms with van der Waals surface area (Å²) < 4.78 is 39.9. The van der Waals surface area contributed by atoms with Gasteiger partial charge in [0.2, 0.25) is 5.88 Å². The van der Waals surface area contributed by atoms with Crippen molar-refractivity contribution in [2.45, 2.75) is 6.54 Å². The molecule has 2 aliphatic heterocycles. The lowest BCUT2D eigenvalue weighted by Gasteiger charge is -2.04. The van der Waals surface area contributed by atoms with Gasteiger partial charge in [0.1, 0.15) is 23.0 Å². The average molecular weight is 419 g/mol. The van der Waals surface area contributed by atoms with Crippen molar-refractivity contribution in [3.8, 4) is 39.9 Å². The summed E-state index contributed by atoms with van der Waals surface area (Å²) in [6.07, 6.45) is 5.28. The third-order valence-electron chi connectivity index (χ3n) is 4.73. The van der Waals surface area contributed by atoms with Crippen LogP contribution in [0.2, 0.25) is 0 Å². The van der Waals surface area contributed by atoms with E-state index < -0.39 is 11.6 Å². The van der Waals surface area contributed by atoms with Gasteiger partial charge in [-0.3, -0.25) is 0 Å². The molecule has 0 N–H and O–H groups in total. The van der Waals surface area contributed by atoms with Gasteiger partial charge < -0.3 is 13.8 Å². The molecule has 5 rings (SSSR count). The fourth-order valence-electron chi connectivity index (χ4n) is 3.28. The van der Waals surface area contributed by atoms with Crippen molar-refractivity contribution < 1.29 is 18.0 Å². The summed E-state index contributed by atoms with van der Waals surface area (Å²) in [4.78, 5) is 13.3. The van der Waals surface area contributed by atoms with Gasteiger partial charge in [0.25, 0.3) is 0 Å². The Morgan fingerprint density at radius 3 is 2.74 bits per heavy atom. The van der Waals surface area contributed by atoms with Crippen LogP contribution in [0.4, 0.5) is 8.78 Å². The van der Waals surface area contributed by atoms with Crippen molar-refractivity contribution in [1.29, 1.82) is 0 Å². The summed E-state index contributed by atoms with van der Waals surface area (Å²) in [7, 11) is 1.55. The number of nitrogens with zero attached hydrogens (tertiary/aromatic N) is 5. The molecule has 4 heterocycles. The van der Waals surface area contributed by atoms with Gasteiger partial charge in [-0.1, -0.05) is 5.16 Å². The zero-order valence-corrected chi connectivity index (χ0v) is 16.3. The number of ether oxygens (including phenoxy) is 1. The van der Waals surface area contributed by atoms with Crippen molar-refractivity contribution >= 4 is 0 Å². The quantitative estimate of drug-likeness (QED) is 0.419. The van der Waals surface area contributed by atoms with Gasteiger partial charge in [-0.2, -0.15) is 0 Å². The Morgan fingerprint density at radius 1 is 1.00 bits per heavy atom. The Kier molecular flexibility index (Phi) is 4.62. The molecule has 0 saturated heterocycles. The highest BCUT2D eigenvalue weighted by atomic mass is 19.1. The molecule has 31 heavy (non-hydrogen) atoms. The second-order valence-corrected chi connectivity index (χ2v) is 6.80. The highest BCUT2D eigenvalue weighted by Crippen LogP contribution is 2.30. The van der Waals surface area contributed by atoms with Crippen molar-refractivity contribution in [2.24, 2.45) is 0 Å². The number of hydrogen-bond acceptors (Lipinski definition) is 6. The minimum Gasteiger partial charge on any atom is -0.480 e. The Hall–Kier alpha value is -4.14. The number of aromatic nitrogens is 5. The summed E-state index contributed by atoms with van der Waals surface area (Å²) in [6, 6.07) is 10.3. The van der Waals surface area contributed by atoms with E-state index >= 15 is 0 Å². The number of fused-ring (bicyclic) bond motifs is 1. The second kappa shape index (κ2) is 7.60. The lowest BCUT2D eigenvalue weighted by Crippen LogP contribution is -1.99. The van der Waals surface area contributed by atoms with Crippen molar-refractivity contribution in [1.82, 2.24) is 24.7 Å². The van der Waals surface area contributed by atoms with E-state index in [1.54, 1.807) is 25.4 Å². The summed E-state index contributed by atoms with van der Waals surface area (Å²) >= 11 is 0. The molecule has 0 saturated carbocycles. The smallest absolute Gasteiger partial charge is 0.224 e. The standard InChI is InChI=1S/C22H15F2N5O2/c1-30-22-15(3-2-7-25-22)21-26-18-6-8-29(12-20(18)27-21)11-14-10-19(28-31-14)16-9-13(23)4-5-17(16)24/h2-10,12H,11H2,1H3. The van der Waals surface area contributed by atoms with E-state index in [-0.39, 0.29) is 11.3 Å². The summed E-state index contributed by atoms with van der Waals surface area (Å²) in [6.45, 7) is 0.332. The van der Waals surface area contributed by atoms with E-state index in [9.17, 15) is 8.78 Å².